The highest BCUT2D eigenvalue weighted by Gasteiger charge is 2.17. The van der Waals surface area contributed by atoms with Crippen LogP contribution in [0.1, 0.15) is 20.3 Å². The minimum absolute atomic E-state index is 0.159. The second-order valence-electron chi connectivity index (χ2n) is 3.69. The molecule has 0 saturated heterocycles. The second-order valence-corrected chi connectivity index (χ2v) is 4.60. The molecule has 0 bridgehead atoms. The molecule has 0 radical (unpaired) electrons. The molecule has 0 aliphatic rings. The van der Waals surface area contributed by atoms with E-state index in [-0.39, 0.29) is 12.4 Å². The zero-order valence-corrected chi connectivity index (χ0v) is 10.3. The van der Waals surface area contributed by atoms with Gasteiger partial charge in [-0.15, -0.1) is 0 Å². The van der Waals surface area contributed by atoms with Crippen LogP contribution in [0.15, 0.2) is 16.7 Å². The van der Waals surface area contributed by atoms with Crippen LogP contribution in [0, 0.1) is 5.82 Å². The highest BCUT2D eigenvalue weighted by atomic mass is 79.9. The van der Waals surface area contributed by atoms with E-state index in [4.69, 9.17) is 0 Å². The van der Waals surface area contributed by atoms with E-state index in [2.05, 4.69) is 26.2 Å². The van der Waals surface area contributed by atoms with Crippen molar-refractivity contribution in [2.45, 2.75) is 25.9 Å². The first-order valence-corrected chi connectivity index (χ1v) is 5.51. The van der Waals surface area contributed by atoms with Gasteiger partial charge in [0.25, 0.3) is 0 Å². The van der Waals surface area contributed by atoms with Gasteiger partial charge in [-0.1, -0.05) is 6.92 Å². The van der Waals surface area contributed by atoms with E-state index in [1.54, 1.807) is 6.92 Å². The summed E-state index contributed by atoms with van der Waals surface area (Å²) < 4.78 is 13.9. The Hall–Kier alpha value is -0.680. The minimum Gasteiger partial charge on any atom is -0.388 e. The van der Waals surface area contributed by atoms with Crippen LogP contribution in [-0.4, -0.2) is 22.2 Å². The summed E-state index contributed by atoms with van der Waals surface area (Å²) in [5, 5.41) is 12.5. The topological polar surface area (TPSA) is 45.1 Å². The largest absolute Gasteiger partial charge is 0.388 e. The predicted molar refractivity (Wildman–Crippen MR) is 61.3 cm³/mol. The lowest BCUT2D eigenvalue weighted by Gasteiger charge is -2.21. The van der Waals surface area contributed by atoms with Crippen LogP contribution in [-0.2, 0) is 0 Å². The van der Waals surface area contributed by atoms with E-state index in [1.165, 1.54) is 12.3 Å². The maximum atomic E-state index is 13.3. The van der Waals surface area contributed by atoms with Crippen LogP contribution in [0.25, 0.3) is 0 Å². The van der Waals surface area contributed by atoms with E-state index in [0.29, 0.717) is 10.9 Å². The Kier molecular flexibility index (Phi) is 4.04. The molecule has 2 N–H and O–H groups in total. The molecule has 0 saturated carbocycles. The molecule has 0 amide bonds. The van der Waals surface area contributed by atoms with Crippen molar-refractivity contribution in [3.63, 3.8) is 0 Å². The van der Waals surface area contributed by atoms with Crippen molar-refractivity contribution in [1.82, 2.24) is 4.98 Å². The minimum atomic E-state index is -0.846. The van der Waals surface area contributed by atoms with Gasteiger partial charge in [0.05, 0.1) is 5.60 Å². The van der Waals surface area contributed by atoms with Crippen molar-refractivity contribution in [2.24, 2.45) is 0 Å². The molecule has 0 aliphatic heterocycles. The van der Waals surface area contributed by atoms with Crippen molar-refractivity contribution < 1.29 is 9.50 Å². The second kappa shape index (κ2) is 4.90. The molecule has 0 aromatic carbocycles. The number of hydrogen-bond donors (Lipinski definition) is 2. The van der Waals surface area contributed by atoms with Gasteiger partial charge in [0.15, 0.2) is 11.6 Å². The molecule has 1 atom stereocenters. The Morgan fingerprint density at radius 1 is 1.67 bits per heavy atom. The average molecular weight is 277 g/mol. The molecule has 1 aromatic heterocycles. The summed E-state index contributed by atoms with van der Waals surface area (Å²) in [6, 6.07) is 1.33. The SMILES string of the molecule is CCC(C)(O)CNc1ncc(Br)cc1F. The monoisotopic (exact) mass is 276 g/mol. The molecule has 3 nitrogen and oxygen atoms in total. The molecule has 5 heteroatoms. The van der Waals surface area contributed by atoms with E-state index < -0.39 is 11.4 Å². The summed E-state index contributed by atoms with van der Waals surface area (Å²) in [7, 11) is 0. The summed E-state index contributed by atoms with van der Waals surface area (Å²) in [6.45, 7) is 3.83. The molecule has 0 aliphatic carbocycles. The van der Waals surface area contributed by atoms with Gasteiger partial charge in [0.2, 0.25) is 0 Å². The van der Waals surface area contributed by atoms with Gasteiger partial charge in [-0.25, -0.2) is 9.37 Å². The molecule has 0 spiro atoms. The maximum Gasteiger partial charge on any atom is 0.166 e. The lowest BCUT2D eigenvalue weighted by atomic mass is 10.0. The van der Waals surface area contributed by atoms with Gasteiger partial charge in [-0.05, 0) is 35.3 Å². The van der Waals surface area contributed by atoms with E-state index in [9.17, 15) is 9.50 Å². The molecule has 84 valence electrons. The number of pyridine rings is 1. The van der Waals surface area contributed by atoms with Gasteiger partial charge in [0, 0.05) is 17.2 Å². The quantitative estimate of drug-likeness (QED) is 0.889. The standard InChI is InChI=1S/C10H14BrFN2O/c1-3-10(2,15)6-14-9-8(12)4-7(11)5-13-9/h4-5,15H,3,6H2,1-2H3,(H,13,14). The van der Waals surface area contributed by atoms with Crippen molar-refractivity contribution in [2.75, 3.05) is 11.9 Å². The van der Waals surface area contributed by atoms with Crippen LogP contribution in [0.4, 0.5) is 10.2 Å². The van der Waals surface area contributed by atoms with Gasteiger partial charge >= 0.3 is 0 Å². The number of halogens is 2. The summed E-state index contributed by atoms with van der Waals surface area (Å²) in [5.74, 6) is -0.275. The third-order valence-electron chi connectivity index (χ3n) is 2.21. The number of aromatic nitrogens is 1. The first kappa shape index (κ1) is 12.4. The predicted octanol–water partition coefficient (Wildman–Crippen LogP) is 2.56. The Morgan fingerprint density at radius 2 is 2.33 bits per heavy atom. The Morgan fingerprint density at radius 3 is 2.87 bits per heavy atom. The molecular formula is C10H14BrFN2O. The number of aliphatic hydroxyl groups is 1. The molecule has 0 fully saturated rings. The van der Waals surface area contributed by atoms with Gasteiger partial charge in [-0.2, -0.15) is 0 Å². The number of nitrogens with one attached hydrogen (secondary N) is 1. The van der Waals surface area contributed by atoms with E-state index >= 15 is 0 Å². The Balaban J connectivity index is 2.66. The summed E-state index contributed by atoms with van der Waals surface area (Å²) >= 11 is 3.12. The lowest BCUT2D eigenvalue weighted by Crippen LogP contribution is -2.32. The maximum absolute atomic E-state index is 13.3. The number of anilines is 1. The highest BCUT2D eigenvalue weighted by molar-refractivity contribution is 9.10. The van der Waals surface area contributed by atoms with Crippen molar-refractivity contribution >= 4 is 21.7 Å². The van der Waals surface area contributed by atoms with Gasteiger partial charge in [-0.3, -0.25) is 0 Å². The van der Waals surface area contributed by atoms with Gasteiger partial charge < -0.3 is 10.4 Å². The summed E-state index contributed by atoms with van der Waals surface area (Å²) in [6.07, 6.45) is 2.10. The molecule has 1 aromatic rings. The van der Waals surface area contributed by atoms with Crippen LogP contribution in [0.5, 0.6) is 0 Å². The summed E-state index contributed by atoms with van der Waals surface area (Å²) in [4.78, 5) is 3.87. The van der Waals surface area contributed by atoms with Gasteiger partial charge in [0.1, 0.15) is 0 Å². The number of rotatable bonds is 4. The average Bonchev–Trinajstić information content (AvgIpc) is 2.16. The first-order chi connectivity index (χ1) is 6.94. The fraction of sp³-hybridized carbons (Fsp3) is 0.500. The fourth-order valence-electron chi connectivity index (χ4n) is 0.944. The summed E-state index contributed by atoms with van der Waals surface area (Å²) in [5.41, 5.74) is -0.846. The van der Waals surface area contributed by atoms with Crippen LogP contribution < -0.4 is 5.32 Å². The van der Waals surface area contributed by atoms with E-state index in [0.717, 1.165) is 0 Å². The normalized spacial score (nSPS) is 14.7. The Bertz CT molecular complexity index is 344. The van der Waals surface area contributed by atoms with Crippen molar-refractivity contribution in [3.05, 3.63) is 22.6 Å². The zero-order chi connectivity index (χ0) is 11.5. The first-order valence-electron chi connectivity index (χ1n) is 4.72. The molecular weight excluding hydrogens is 263 g/mol. The highest BCUT2D eigenvalue weighted by Crippen LogP contribution is 2.17. The zero-order valence-electron chi connectivity index (χ0n) is 8.72. The van der Waals surface area contributed by atoms with Crippen LogP contribution in [0.3, 0.4) is 0 Å². The third kappa shape index (κ3) is 3.76. The fourth-order valence-corrected chi connectivity index (χ4v) is 1.25. The lowest BCUT2D eigenvalue weighted by molar-refractivity contribution is 0.0696. The number of nitrogens with zero attached hydrogens (tertiary/aromatic N) is 1. The molecule has 1 heterocycles. The van der Waals surface area contributed by atoms with Crippen molar-refractivity contribution in [1.29, 1.82) is 0 Å². The van der Waals surface area contributed by atoms with E-state index in [1.807, 2.05) is 6.92 Å². The Labute approximate surface area is 96.9 Å². The molecule has 1 rings (SSSR count). The van der Waals surface area contributed by atoms with Crippen molar-refractivity contribution in [3.8, 4) is 0 Å². The number of hydrogen-bond acceptors (Lipinski definition) is 3. The van der Waals surface area contributed by atoms with Crippen LogP contribution >= 0.6 is 15.9 Å². The smallest absolute Gasteiger partial charge is 0.166 e. The third-order valence-corrected chi connectivity index (χ3v) is 2.64. The molecule has 1 unspecified atom stereocenters. The van der Waals surface area contributed by atoms with Crippen LogP contribution in [0.2, 0.25) is 0 Å². The molecule has 15 heavy (non-hydrogen) atoms.